The van der Waals surface area contributed by atoms with Gasteiger partial charge >= 0.3 is 0 Å². The number of benzene rings is 2. The van der Waals surface area contributed by atoms with Crippen molar-refractivity contribution in [2.45, 2.75) is 6.42 Å². The molecule has 0 radical (unpaired) electrons. The van der Waals surface area contributed by atoms with Gasteiger partial charge in [-0.2, -0.15) is 0 Å². The lowest BCUT2D eigenvalue weighted by molar-refractivity contribution is 0.414. The van der Waals surface area contributed by atoms with Crippen molar-refractivity contribution in [2.24, 2.45) is 0 Å². The van der Waals surface area contributed by atoms with Crippen LogP contribution in [-0.4, -0.2) is 40.5 Å². The molecular formula is C18H23N3O3S2. The van der Waals surface area contributed by atoms with E-state index in [1.165, 1.54) is 23.2 Å². The van der Waals surface area contributed by atoms with E-state index in [0.29, 0.717) is 17.3 Å². The zero-order valence-corrected chi connectivity index (χ0v) is 16.7. The van der Waals surface area contributed by atoms with Crippen molar-refractivity contribution in [1.82, 2.24) is 5.32 Å². The van der Waals surface area contributed by atoms with Crippen LogP contribution in [0.25, 0.3) is 0 Å². The molecule has 8 heteroatoms. The van der Waals surface area contributed by atoms with E-state index in [1.807, 2.05) is 30.3 Å². The first kappa shape index (κ1) is 20.0. The highest BCUT2D eigenvalue weighted by Gasteiger charge is 2.12. The highest BCUT2D eigenvalue weighted by atomic mass is 32.2. The first-order valence-corrected chi connectivity index (χ1v) is 10.3. The molecule has 0 heterocycles. The molecule has 0 fully saturated rings. The summed E-state index contributed by atoms with van der Waals surface area (Å²) in [5, 5.41) is 6.70. The van der Waals surface area contributed by atoms with Gasteiger partial charge in [-0.3, -0.25) is 4.31 Å². The van der Waals surface area contributed by atoms with Gasteiger partial charge in [-0.25, -0.2) is 8.42 Å². The van der Waals surface area contributed by atoms with Crippen molar-refractivity contribution in [3.8, 4) is 5.75 Å². The number of rotatable bonds is 7. The SMILES string of the molecule is COc1ccc(CCNC(=S)Nc2cccc(N(C)S(C)(=O)=O)c2)cc1. The largest absolute Gasteiger partial charge is 0.497 e. The Morgan fingerprint density at radius 3 is 2.50 bits per heavy atom. The van der Waals surface area contributed by atoms with E-state index in [1.54, 1.807) is 25.3 Å². The minimum absolute atomic E-state index is 0.484. The Balaban J connectivity index is 1.87. The zero-order chi connectivity index (χ0) is 19.2. The van der Waals surface area contributed by atoms with Gasteiger partial charge in [-0.15, -0.1) is 0 Å². The molecule has 2 aromatic rings. The number of hydrogen-bond donors (Lipinski definition) is 2. The lowest BCUT2D eigenvalue weighted by atomic mass is 10.1. The molecule has 2 rings (SSSR count). The fourth-order valence-electron chi connectivity index (χ4n) is 2.26. The number of sulfonamides is 1. The van der Waals surface area contributed by atoms with Gasteiger partial charge in [0.25, 0.3) is 0 Å². The van der Waals surface area contributed by atoms with Crippen LogP contribution in [0.15, 0.2) is 48.5 Å². The van der Waals surface area contributed by atoms with Crippen LogP contribution in [0.4, 0.5) is 11.4 Å². The molecule has 2 aromatic carbocycles. The van der Waals surface area contributed by atoms with Crippen molar-refractivity contribution >= 4 is 38.7 Å². The average Bonchev–Trinajstić information content (AvgIpc) is 2.61. The van der Waals surface area contributed by atoms with Gasteiger partial charge < -0.3 is 15.4 Å². The average molecular weight is 394 g/mol. The fourth-order valence-corrected chi connectivity index (χ4v) is 2.98. The highest BCUT2D eigenvalue weighted by molar-refractivity contribution is 7.92. The molecule has 0 aliphatic carbocycles. The van der Waals surface area contributed by atoms with Crippen LogP contribution in [0, 0.1) is 0 Å². The molecule has 0 aliphatic heterocycles. The fraction of sp³-hybridized carbons (Fsp3) is 0.278. The number of methoxy groups -OCH3 is 1. The van der Waals surface area contributed by atoms with Crippen LogP contribution in [0.3, 0.4) is 0 Å². The quantitative estimate of drug-likeness (QED) is 0.705. The van der Waals surface area contributed by atoms with Crippen LogP contribution in [0.2, 0.25) is 0 Å². The maximum Gasteiger partial charge on any atom is 0.231 e. The number of anilines is 2. The second kappa shape index (κ2) is 8.86. The number of nitrogens with zero attached hydrogens (tertiary/aromatic N) is 1. The molecule has 26 heavy (non-hydrogen) atoms. The van der Waals surface area contributed by atoms with Gasteiger partial charge in [0.05, 0.1) is 19.1 Å². The normalized spacial score (nSPS) is 10.9. The zero-order valence-electron chi connectivity index (χ0n) is 15.0. The number of hydrogen-bond acceptors (Lipinski definition) is 4. The standard InChI is InChI=1S/C18H23N3O3S2/c1-21(26(3,22)23)16-6-4-5-15(13-16)20-18(25)19-12-11-14-7-9-17(24-2)10-8-14/h4-10,13H,11-12H2,1-3H3,(H2,19,20,25). The van der Waals surface area contributed by atoms with Crippen molar-refractivity contribution < 1.29 is 13.2 Å². The van der Waals surface area contributed by atoms with Crippen molar-refractivity contribution in [3.63, 3.8) is 0 Å². The molecule has 0 aliphatic rings. The Morgan fingerprint density at radius 2 is 1.88 bits per heavy atom. The molecule has 0 aromatic heterocycles. The van der Waals surface area contributed by atoms with Gasteiger partial charge in [0.15, 0.2) is 5.11 Å². The monoisotopic (exact) mass is 393 g/mol. The lowest BCUT2D eigenvalue weighted by Crippen LogP contribution is -2.30. The first-order valence-electron chi connectivity index (χ1n) is 8.01. The summed E-state index contributed by atoms with van der Waals surface area (Å²) in [6.07, 6.45) is 1.99. The van der Waals surface area contributed by atoms with Crippen LogP contribution in [0.1, 0.15) is 5.56 Å². The third-order valence-corrected chi connectivity index (χ3v) is 5.28. The van der Waals surface area contributed by atoms with E-state index in [9.17, 15) is 8.42 Å². The van der Waals surface area contributed by atoms with E-state index in [2.05, 4.69) is 10.6 Å². The molecule has 0 bridgehead atoms. The predicted octanol–water partition coefficient (Wildman–Crippen LogP) is 2.62. The third-order valence-electron chi connectivity index (χ3n) is 3.82. The highest BCUT2D eigenvalue weighted by Crippen LogP contribution is 2.20. The van der Waals surface area contributed by atoms with E-state index >= 15 is 0 Å². The predicted molar refractivity (Wildman–Crippen MR) is 111 cm³/mol. The summed E-state index contributed by atoms with van der Waals surface area (Å²) in [7, 11) is -0.147. The minimum Gasteiger partial charge on any atom is -0.497 e. The van der Waals surface area contributed by atoms with E-state index < -0.39 is 10.0 Å². The molecule has 0 atom stereocenters. The van der Waals surface area contributed by atoms with Crippen LogP contribution in [0.5, 0.6) is 5.75 Å². The van der Waals surface area contributed by atoms with Gasteiger partial charge in [0.1, 0.15) is 5.75 Å². The van der Waals surface area contributed by atoms with Crippen molar-refractivity contribution in [3.05, 3.63) is 54.1 Å². The van der Waals surface area contributed by atoms with Crippen LogP contribution >= 0.6 is 12.2 Å². The summed E-state index contributed by atoms with van der Waals surface area (Å²) in [5.41, 5.74) is 2.47. The van der Waals surface area contributed by atoms with Crippen LogP contribution < -0.4 is 19.7 Å². The summed E-state index contributed by atoms with van der Waals surface area (Å²) in [5.74, 6) is 0.831. The van der Waals surface area contributed by atoms with E-state index in [4.69, 9.17) is 17.0 Å². The maximum atomic E-state index is 11.6. The minimum atomic E-state index is -3.30. The molecular weight excluding hydrogens is 370 g/mol. The van der Waals surface area contributed by atoms with Gasteiger partial charge in [0, 0.05) is 19.3 Å². The van der Waals surface area contributed by atoms with Crippen molar-refractivity contribution in [1.29, 1.82) is 0 Å². The summed E-state index contributed by atoms with van der Waals surface area (Å²) < 4.78 is 29.6. The topological polar surface area (TPSA) is 70.7 Å². The van der Waals surface area contributed by atoms with Gasteiger partial charge in [-0.1, -0.05) is 18.2 Å². The second-order valence-corrected chi connectivity index (χ2v) is 8.18. The maximum absolute atomic E-state index is 11.6. The van der Waals surface area contributed by atoms with Gasteiger partial charge in [0.2, 0.25) is 10.0 Å². The molecule has 2 N–H and O–H groups in total. The van der Waals surface area contributed by atoms with E-state index in [-0.39, 0.29) is 0 Å². The van der Waals surface area contributed by atoms with Crippen LogP contribution in [-0.2, 0) is 16.4 Å². The second-order valence-electron chi connectivity index (χ2n) is 5.76. The summed E-state index contributed by atoms with van der Waals surface area (Å²) in [4.78, 5) is 0. The van der Waals surface area contributed by atoms with E-state index in [0.717, 1.165) is 17.9 Å². The Bertz CT molecular complexity index is 852. The first-order chi connectivity index (χ1) is 12.3. The Labute approximate surface area is 160 Å². The summed E-state index contributed by atoms with van der Waals surface area (Å²) in [6.45, 7) is 0.682. The summed E-state index contributed by atoms with van der Waals surface area (Å²) >= 11 is 5.30. The Morgan fingerprint density at radius 1 is 1.19 bits per heavy atom. The molecule has 0 spiro atoms. The molecule has 0 saturated heterocycles. The smallest absolute Gasteiger partial charge is 0.231 e. The Kier molecular flexibility index (Phi) is 6.82. The molecule has 6 nitrogen and oxygen atoms in total. The Hall–Kier alpha value is -2.32. The molecule has 140 valence electrons. The summed E-state index contributed by atoms with van der Waals surface area (Å²) in [6, 6.07) is 15.0. The third kappa shape index (κ3) is 5.89. The number of nitrogens with one attached hydrogen (secondary N) is 2. The van der Waals surface area contributed by atoms with Gasteiger partial charge in [-0.05, 0) is 54.5 Å². The number of ether oxygens (including phenoxy) is 1. The molecule has 0 saturated carbocycles. The van der Waals surface area contributed by atoms with Crippen molar-refractivity contribution in [2.75, 3.05) is 36.6 Å². The molecule has 0 amide bonds. The molecule has 0 unspecified atom stereocenters. The lowest BCUT2D eigenvalue weighted by Gasteiger charge is -2.18. The number of thiocarbonyl (C=S) groups is 1.